The van der Waals surface area contributed by atoms with Crippen molar-refractivity contribution in [2.75, 3.05) is 13.7 Å². The number of nitrogens with zero attached hydrogens (tertiary/aromatic N) is 3. The SMILES string of the molecule is COc1ccc2c(-c3c(-c4ccccc4)ncn3CCO)cn(C)c2c1. The maximum absolute atomic E-state index is 9.49. The van der Waals surface area contributed by atoms with Crippen LogP contribution in [0.15, 0.2) is 61.1 Å². The summed E-state index contributed by atoms with van der Waals surface area (Å²) in [6.45, 7) is 0.567. The van der Waals surface area contributed by atoms with Crippen molar-refractivity contribution in [3.05, 3.63) is 61.1 Å². The molecule has 2 aromatic heterocycles. The smallest absolute Gasteiger partial charge is 0.120 e. The van der Waals surface area contributed by atoms with Crippen LogP contribution in [0.5, 0.6) is 5.75 Å². The van der Waals surface area contributed by atoms with E-state index in [2.05, 4.69) is 33.9 Å². The Hall–Kier alpha value is -3.05. The van der Waals surface area contributed by atoms with Gasteiger partial charge in [0.25, 0.3) is 0 Å². The van der Waals surface area contributed by atoms with Gasteiger partial charge in [0.15, 0.2) is 0 Å². The Labute approximate surface area is 152 Å². The summed E-state index contributed by atoms with van der Waals surface area (Å²) in [5.74, 6) is 0.831. The molecule has 5 nitrogen and oxygen atoms in total. The van der Waals surface area contributed by atoms with Gasteiger partial charge in [0, 0.05) is 42.4 Å². The molecule has 0 aliphatic heterocycles. The maximum atomic E-state index is 9.49. The topological polar surface area (TPSA) is 52.2 Å². The molecular formula is C21H21N3O2. The summed E-state index contributed by atoms with van der Waals surface area (Å²) in [5, 5.41) is 10.6. The first kappa shape index (κ1) is 16.4. The molecule has 0 saturated heterocycles. The highest BCUT2D eigenvalue weighted by atomic mass is 16.5. The van der Waals surface area contributed by atoms with Gasteiger partial charge in [0.2, 0.25) is 0 Å². The Balaban J connectivity index is 1.98. The molecule has 0 aliphatic carbocycles. The van der Waals surface area contributed by atoms with Crippen molar-refractivity contribution >= 4 is 10.9 Å². The second-order valence-corrected chi connectivity index (χ2v) is 6.26. The second kappa shape index (κ2) is 6.69. The van der Waals surface area contributed by atoms with Gasteiger partial charge in [-0.25, -0.2) is 4.98 Å². The molecule has 0 fully saturated rings. The van der Waals surface area contributed by atoms with E-state index < -0.39 is 0 Å². The molecular weight excluding hydrogens is 326 g/mol. The van der Waals surface area contributed by atoms with Crippen molar-refractivity contribution in [3.8, 4) is 28.3 Å². The second-order valence-electron chi connectivity index (χ2n) is 6.26. The number of fused-ring (bicyclic) bond motifs is 1. The monoisotopic (exact) mass is 347 g/mol. The zero-order chi connectivity index (χ0) is 18.1. The molecule has 0 atom stereocenters. The maximum Gasteiger partial charge on any atom is 0.120 e. The van der Waals surface area contributed by atoms with Gasteiger partial charge in [-0.3, -0.25) is 0 Å². The van der Waals surface area contributed by atoms with E-state index in [-0.39, 0.29) is 6.61 Å². The number of ether oxygens (including phenoxy) is 1. The number of hydrogen-bond acceptors (Lipinski definition) is 3. The third-order valence-electron chi connectivity index (χ3n) is 4.68. The largest absolute Gasteiger partial charge is 0.497 e. The van der Waals surface area contributed by atoms with Crippen molar-refractivity contribution in [2.45, 2.75) is 6.54 Å². The van der Waals surface area contributed by atoms with Crippen molar-refractivity contribution < 1.29 is 9.84 Å². The van der Waals surface area contributed by atoms with E-state index in [9.17, 15) is 5.11 Å². The van der Waals surface area contributed by atoms with Gasteiger partial charge in [-0.2, -0.15) is 0 Å². The average molecular weight is 347 g/mol. The van der Waals surface area contributed by atoms with Crippen molar-refractivity contribution in [3.63, 3.8) is 0 Å². The lowest BCUT2D eigenvalue weighted by Gasteiger charge is -2.09. The summed E-state index contributed by atoms with van der Waals surface area (Å²) in [5.41, 5.74) is 5.18. The summed E-state index contributed by atoms with van der Waals surface area (Å²) in [7, 11) is 3.70. The molecule has 0 aliphatic rings. The van der Waals surface area contributed by atoms with Gasteiger partial charge in [-0.15, -0.1) is 0 Å². The summed E-state index contributed by atoms with van der Waals surface area (Å²) in [6.07, 6.45) is 3.91. The van der Waals surface area contributed by atoms with E-state index in [4.69, 9.17) is 4.74 Å². The molecule has 2 aromatic carbocycles. The van der Waals surface area contributed by atoms with E-state index in [1.54, 1.807) is 13.4 Å². The first-order chi connectivity index (χ1) is 12.7. The third-order valence-corrected chi connectivity index (χ3v) is 4.68. The van der Waals surface area contributed by atoms with Gasteiger partial charge in [0.05, 0.1) is 36.9 Å². The number of hydrogen-bond donors (Lipinski definition) is 1. The van der Waals surface area contributed by atoms with Crippen LogP contribution < -0.4 is 4.74 Å². The number of methoxy groups -OCH3 is 1. The molecule has 26 heavy (non-hydrogen) atoms. The van der Waals surface area contributed by atoms with E-state index in [0.29, 0.717) is 6.54 Å². The van der Waals surface area contributed by atoms with Crippen molar-refractivity contribution in [2.24, 2.45) is 7.05 Å². The summed E-state index contributed by atoms with van der Waals surface area (Å²) < 4.78 is 9.48. The number of aromatic nitrogens is 3. The number of imidazole rings is 1. The van der Waals surface area contributed by atoms with Crippen LogP contribution in [0.3, 0.4) is 0 Å². The van der Waals surface area contributed by atoms with Gasteiger partial charge in [-0.1, -0.05) is 30.3 Å². The quantitative estimate of drug-likeness (QED) is 0.599. The zero-order valence-corrected chi connectivity index (χ0v) is 14.9. The first-order valence-corrected chi connectivity index (χ1v) is 8.57. The first-order valence-electron chi connectivity index (χ1n) is 8.57. The average Bonchev–Trinajstić information content (AvgIpc) is 3.23. The number of benzene rings is 2. The van der Waals surface area contributed by atoms with Crippen LogP contribution in [0.2, 0.25) is 0 Å². The van der Waals surface area contributed by atoms with E-state index >= 15 is 0 Å². The van der Waals surface area contributed by atoms with Crippen LogP contribution >= 0.6 is 0 Å². The molecule has 5 heteroatoms. The molecule has 4 rings (SSSR count). The minimum atomic E-state index is 0.0657. The molecule has 0 amide bonds. The van der Waals surface area contributed by atoms with E-state index in [0.717, 1.165) is 39.2 Å². The fourth-order valence-electron chi connectivity index (χ4n) is 3.43. The summed E-state index contributed by atoms with van der Waals surface area (Å²) in [4.78, 5) is 4.65. The Morgan fingerprint density at radius 1 is 1.12 bits per heavy atom. The van der Waals surface area contributed by atoms with Crippen LogP contribution in [0.4, 0.5) is 0 Å². The lowest BCUT2D eigenvalue weighted by molar-refractivity contribution is 0.276. The number of aryl methyl sites for hydroxylation is 1. The van der Waals surface area contributed by atoms with Crippen LogP contribution in [-0.4, -0.2) is 32.9 Å². The third kappa shape index (κ3) is 2.66. The van der Waals surface area contributed by atoms with Crippen molar-refractivity contribution in [1.82, 2.24) is 14.1 Å². The zero-order valence-electron chi connectivity index (χ0n) is 14.9. The van der Waals surface area contributed by atoms with Crippen LogP contribution in [-0.2, 0) is 13.6 Å². The molecule has 132 valence electrons. The highest BCUT2D eigenvalue weighted by Crippen LogP contribution is 2.37. The van der Waals surface area contributed by atoms with E-state index in [1.165, 1.54) is 0 Å². The highest BCUT2D eigenvalue weighted by Gasteiger charge is 2.19. The minimum absolute atomic E-state index is 0.0657. The summed E-state index contributed by atoms with van der Waals surface area (Å²) >= 11 is 0. The van der Waals surface area contributed by atoms with Gasteiger partial charge in [0.1, 0.15) is 5.75 Å². The molecule has 0 spiro atoms. The Morgan fingerprint density at radius 3 is 2.65 bits per heavy atom. The Morgan fingerprint density at radius 2 is 1.92 bits per heavy atom. The lowest BCUT2D eigenvalue weighted by atomic mass is 10.0. The van der Waals surface area contributed by atoms with Gasteiger partial charge in [-0.05, 0) is 12.1 Å². The fourth-order valence-corrected chi connectivity index (χ4v) is 3.43. The summed E-state index contributed by atoms with van der Waals surface area (Å²) in [6, 6.07) is 16.2. The molecule has 0 unspecified atom stereocenters. The predicted octanol–water partition coefficient (Wildman–Crippen LogP) is 3.71. The van der Waals surface area contributed by atoms with E-state index in [1.807, 2.05) is 41.9 Å². The van der Waals surface area contributed by atoms with Crippen LogP contribution in [0, 0.1) is 0 Å². The molecule has 0 saturated carbocycles. The van der Waals surface area contributed by atoms with Crippen LogP contribution in [0.1, 0.15) is 0 Å². The van der Waals surface area contributed by atoms with Crippen molar-refractivity contribution in [1.29, 1.82) is 0 Å². The molecule has 2 heterocycles. The molecule has 1 N–H and O–H groups in total. The molecule has 0 bridgehead atoms. The Kier molecular flexibility index (Phi) is 4.22. The molecule has 0 radical (unpaired) electrons. The number of aliphatic hydroxyl groups is 1. The fraction of sp³-hybridized carbons (Fsp3) is 0.190. The normalized spacial score (nSPS) is 11.2. The molecule has 4 aromatic rings. The standard InChI is InChI=1S/C21H21N3O2/c1-23-13-18(17-9-8-16(26-2)12-19(17)23)21-20(15-6-4-3-5-7-15)22-14-24(21)10-11-25/h3-9,12-14,25H,10-11H2,1-2H3. The van der Waals surface area contributed by atoms with Crippen LogP contribution in [0.25, 0.3) is 33.4 Å². The number of rotatable bonds is 5. The minimum Gasteiger partial charge on any atom is -0.497 e. The highest BCUT2D eigenvalue weighted by molar-refractivity contribution is 5.99. The lowest BCUT2D eigenvalue weighted by Crippen LogP contribution is -2.02. The van der Waals surface area contributed by atoms with Gasteiger partial charge >= 0.3 is 0 Å². The Bertz CT molecular complexity index is 1050. The van der Waals surface area contributed by atoms with Gasteiger partial charge < -0.3 is 19.0 Å². The predicted molar refractivity (Wildman–Crippen MR) is 103 cm³/mol. The number of aliphatic hydroxyl groups excluding tert-OH is 1.